The van der Waals surface area contributed by atoms with E-state index in [1.165, 1.54) is 0 Å². The van der Waals surface area contributed by atoms with Crippen molar-refractivity contribution in [1.82, 2.24) is 10.3 Å². The molecule has 0 amide bonds. The Balaban J connectivity index is 2.16. The van der Waals surface area contributed by atoms with Crippen molar-refractivity contribution in [3.05, 3.63) is 40.0 Å². The molecule has 0 saturated heterocycles. The molecule has 0 aliphatic heterocycles. The van der Waals surface area contributed by atoms with Gasteiger partial charge in [0.2, 0.25) is 0 Å². The smallest absolute Gasteiger partial charge is 0.199 e. The van der Waals surface area contributed by atoms with Crippen molar-refractivity contribution in [2.24, 2.45) is 15.9 Å². The summed E-state index contributed by atoms with van der Waals surface area (Å²) in [5.41, 5.74) is 12.1. The highest BCUT2D eigenvalue weighted by Crippen LogP contribution is 2.13. The van der Waals surface area contributed by atoms with Crippen LogP contribution in [-0.4, -0.2) is 22.4 Å². The van der Waals surface area contributed by atoms with Gasteiger partial charge in [0.25, 0.3) is 0 Å². The summed E-state index contributed by atoms with van der Waals surface area (Å²) in [6.07, 6.45) is 1.56. The Morgan fingerprint density at radius 3 is 2.78 bits per heavy atom. The quantitative estimate of drug-likeness (QED) is 0.501. The van der Waals surface area contributed by atoms with Gasteiger partial charge < -0.3 is 11.5 Å². The molecule has 0 bridgehead atoms. The van der Waals surface area contributed by atoms with E-state index < -0.39 is 0 Å². The van der Waals surface area contributed by atoms with E-state index in [1.54, 1.807) is 6.21 Å². The van der Waals surface area contributed by atoms with Crippen LogP contribution in [0.5, 0.6) is 0 Å². The molecule has 2 aromatic rings. The van der Waals surface area contributed by atoms with Gasteiger partial charge in [0.15, 0.2) is 17.3 Å². The summed E-state index contributed by atoms with van der Waals surface area (Å²) in [5, 5.41) is 14.5. The zero-order chi connectivity index (χ0) is 13.0. The topological polar surface area (TPSA) is 116 Å². The molecule has 1 heterocycles. The molecule has 8 heteroatoms. The Morgan fingerprint density at radius 2 is 2.11 bits per heavy atom. The second-order valence-electron chi connectivity index (χ2n) is 3.25. The van der Waals surface area contributed by atoms with E-state index in [2.05, 4.69) is 41.1 Å². The van der Waals surface area contributed by atoms with E-state index in [-0.39, 0.29) is 17.3 Å². The summed E-state index contributed by atoms with van der Waals surface area (Å²) in [5.74, 6) is 0.115. The minimum atomic E-state index is 0.0389. The Hall–Kier alpha value is -2.22. The van der Waals surface area contributed by atoms with Crippen LogP contribution in [0.1, 0.15) is 11.3 Å². The van der Waals surface area contributed by atoms with Gasteiger partial charge >= 0.3 is 0 Å². The first-order chi connectivity index (χ1) is 8.68. The lowest BCUT2D eigenvalue weighted by Gasteiger charge is -1.95. The van der Waals surface area contributed by atoms with E-state index >= 15 is 0 Å². The van der Waals surface area contributed by atoms with Crippen LogP contribution in [0.25, 0.3) is 0 Å². The summed E-state index contributed by atoms with van der Waals surface area (Å²) < 4.78 is 5.31. The van der Waals surface area contributed by atoms with Crippen molar-refractivity contribution in [2.45, 2.75) is 0 Å². The number of anilines is 1. The Labute approximate surface area is 111 Å². The molecule has 0 radical (unpaired) electrons. The molecular formula is C10H9BrN6O. The Bertz CT molecular complexity index is 606. The zero-order valence-electron chi connectivity index (χ0n) is 9.12. The van der Waals surface area contributed by atoms with Gasteiger partial charge in [0.1, 0.15) is 0 Å². The maximum absolute atomic E-state index is 5.62. The fraction of sp³-hybridized carbons (Fsp3) is 0. The van der Waals surface area contributed by atoms with E-state index in [9.17, 15) is 0 Å². The number of nitrogen functional groups attached to an aromatic ring is 1. The monoisotopic (exact) mass is 308 g/mol. The SMILES string of the molecule is N/C(=N/N=C\c1ccccc1Br)c1nonc1N. The fourth-order valence-corrected chi connectivity index (χ4v) is 1.54. The minimum Gasteiger partial charge on any atom is -0.380 e. The van der Waals surface area contributed by atoms with Crippen LogP contribution in [0.3, 0.4) is 0 Å². The minimum absolute atomic E-state index is 0.0389. The second kappa shape index (κ2) is 5.41. The van der Waals surface area contributed by atoms with Crippen molar-refractivity contribution in [2.75, 3.05) is 5.73 Å². The van der Waals surface area contributed by atoms with Crippen molar-refractivity contribution in [3.8, 4) is 0 Å². The molecule has 0 atom stereocenters. The number of nitrogens with zero attached hydrogens (tertiary/aromatic N) is 4. The lowest BCUT2D eigenvalue weighted by Crippen LogP contribution is -2.15. The highest BCUT2D eigenvalue weighted by atomic mass is 79.9. The van der Waals surface area contributed by atoms with Crippen LogP contribution in [0, 0.1) is 0 Å². The fourth-order valence-electron chi connectivity index (χ4n) is 1.15. The molecule has 0 saturated carbocycles. The summed E-state index contributed by atoms with van der Waals surface area (Å²) in [4.78, 5) is 0. The van der Waals surface area contributed by atoms with Crippen molar-refractivity contribution in [1.29, 1.82) is 0 Å². The van der Waals surface area contributed by atoms with E-state index in [0.29, 0.717) is 0 Å². The van der Waals surface area contributed by atoms with Gasteiger partial charge in [-0.1, -0.05) is 34.1 Å². The third-order valence-electron chi connectivity index (χ3n) is 2.02. The average Bonchev–Trinajstić information content (AvgIpc) is 2.78. The molecule has 2 rings (SSSR count). The standard InChI is InChI=1S/C10H9BrN6O/c11-7-4-2-1-3-6(7)5-14-15-9(12)8-10(13)17-18-16-8/h1-5H,(H2,12,15)(H2,13,17)/b14-5-. The van der Waals surface area contributed by atoms with Gasteiger partial charge in [-0.2, -0.15) is 5.10 Å². The number of benzene rings is 1. The molecular weight excluding hydrogens is 300 g/mol. The average molecular weight is 309 g/mol. The molecule has 4 N–H and O–H groups in total. The zero-order valence-corrected chi connectivity index (χ0v) is 10.7. The van der Waals surface area contributed by atoms with Gasteiger partial charge in [0.05, 0.1) is 6.21 Å². The van der Waals surface area contributed by atoms with Crippen LogP contribution in [0.4, 0.5) is 5.82 Å². The van der Waals surface area contributed by atoms with E-state index in [4.69, 9.17) is 11.5 Å². The van der Waals surface area contributed by atoms with Crippen LogP contribution in [-0.2, 0) is 0 Å². The number of rotatable bonds is 3. The third-order valence-corrected chi connectivity index (χ3v) is 2.75. The molecule has 0 aliphatic carbocycles. The Kier molecular flexibility index (Phi) is 3.68. The van der Waals surface area contributed by atoms with E-state index in [1.807, 2.05) is 24.3 Å². The highest BCUT2D eigenvalue weighted by Gasteiger charge is 2.09. The first kappa shape index (κ1) is 12.2. The van der Waals surface area contributed by atoms with Crippen LogP contribution < -0.4 is 11.5 Å². The van der Waals surface area contributed by atoms with Gasteiger partial charge in [0, 0.05) is 10.0 Å². The summed E-state index contributed by atoms with van der Waals surface area (Å²) >= 11 is 3.39. The van der Waals surface area contributed by atoms with Crippen molar-refractivity contribution in [3.63, 3.8) is 0 Å². The van der Waals surface area contributed by atoms with Gasteiger partial charge in [-0.3, -0.25) is 0 Å². The molecule has 1 aromatic heterocycles. The lowest BCUT2D eigenvalue weighted by atomic mass is 10.2. The van der Waals surface area contributed by atoms with Crippen LogP contribution >= 0.6 is 15.9 Å². The molecule has 18 heavy (non-hydrogen) atoms. The number of halogens is 1. The number of hydrogen-bond donors (Lipinski definition) is 2. The van der Waals surface area contributed by atoms with E-state index in [0.717, 1.165) is 10.0 Å². The van der Waals surface area contributed by atoms with Crippen LogP contribution in [0.15, 0.2) is 43.6 Å². The number of amidine groups is 1. The highest BCUT2D eigenvalue weighted by molar-refractivity contribution is 9.10. The second-order valence-corrected chi connectivity index (χ2v) is 4.10. The molecule has 0 unspecified atom stereocenters. The molecule has 92 valence electrons. The van der Waals surface area contributed by atoms with Crippen molar-refractivity contribution >= 4 is 33.8 Å². The van der Waals surface area contributed by atoms with Crippen LogP contribution in [0.2, 0.25) is 0 Å². The maximum atomic E-state index is 5.62. The first-order valence-electron chi connectivity index (χ1n) is 4.88. The molecule has 1 aromatic carbocycles. The Morgan fingerprint density at radius 1 is 1.33 bits per heavy atom. The first-order valence-corrected chi connectivity index (χ1v) is 5.67. The molecule has 0 fully saturated rings. The lowest BCUT2D eigenvalue weighted by molar-refractivity contribution is 0.308. The van der Waals surface area contributed by atoms with Gasteiger partial charge in [-0.25, -0.2) is 4.63 Å². The third kappa shape index (κ3) is 2.72. The number of nitrogens with two attached hydrogens (primary N) is 2. The molecule has 7 nitrogen and oxygen atoms in total. The maximum Gasteiger partial charge on any atom is 0.199 e. The predicted octanol–water partition coefficient (Wildman–Crippen LogP) is 1.15. The normalized spacial score (nSPS) is 12.2. The number of hydrogen-bond acceptors (Lipinski definition) is 6. The predicted molar refractivity (Wildman–Crippen MR) is 71.2 cm³/mol. The van der Waals surface area contributed by atoms with Gasteiger partial charge in [-0.05, 0) is 16.4 Å². The summed E-state index contributed by atoms with van der Waals surface area (Å²) in [6, 6.07) is 7.57. The summed E-state index contributed by atoms with van der Waals surface area (Å²) in [6.45, 7) is 0. The largest absolute Gasteiger partial charge is 0.380 e. The molecule has 0 spiro atoms. The van der Waals surface area contributed by atoms with Gasteiger partial charge in [-0.15, -0.1) is 5.10 Å². The number of aromatic nitrogens is 2. The van der Waals surface area contributed by atoms with Crippen molar-refractivity contribution < 1.29 is 4.63 Å². The summed E-state index contributed by atoms with van der Waals surface area (Å²) in [7, 11) is 0. The molecule has 0 aliphatic rings.